The minimum absolute atomic E-state index is 0.0131. The molecule has 5 amide bonds. The molecule has 0 saturated carbocycles. The molecule has 3 aliphatic heterocycles. The van der Waals surface area contributed by atoms with E-state index < -0.39 is 53.3 Å². The van der Waals surface area contributed by atoms with Crippen molar-refractivity contribution in [1.82, 2.24) is 44.9 Å². The number of hydrogen-bond acceptors (Lipinski definition) is 11. The number of hydrazine groups is 1. The lowest BCUT2D eigenvalue weighted by Gasteiger charge is -2.42. The van der Waals surface area contributed by atoms with Crippen LogP contribution in [0.25, 0.3) is 33.3 Å². The minimum Gasteiger partial charge on any atom is -0.508 e. The van der Waals surface area contributed by atoms with Crippen molar-refractivity contribution in [3.05, 3.63) is 96.4 Å². The van der Waals surface area contributed by atoms with Crippen LogP contribution < -0.4 is 10.7 Å². The van der Waals surface area contributed by atoms with Crippen LogP contribution >= 0.6 is 0 Å². The summed E-state index contributed by atoms with van der Waals surface area (Å²) < 4.78 is 14.9. The van der Waals surface area contributed by atoms with E-state index in [9.17, 15) is 29.1 Å². The van der Waals surface area contributed by atoms with Gasteiger partial charge in [0, 0.05) is 106 Å². The number of nitrogens with zero attached hydrogens (tertiary/aromatic N) is 7. The summed E-state index contributed by atoms with van der Waals surface area (Å²) in [5.74, 6) is -3.09. The zero-order valence-corrected chi connectivity index (χ0v) is 44.6. The molecule has 6 bridgehead atoms. The van der Waals surface area contributed by atoms with Crippen molar-refractivity contribution in [2.45, 2.75) is 97.0 Å². The van der Waals surface area contributed by atoms with Crippen LogP contribution in [0.15, 0.2) is 79.5 Å². The summed E-state index contributed by atoms with van der Waals surface area (Å²) in [6.07, 6.45) is 7.73. The molecule has 2 aromatic carbocycles. The molecular weight excluding hydrogens is 939 g/mol. The van der Waals surface area contributed by atoms with Crippen molar-refractivity contribution in [2.24, 2.45) is 17.3 Å². The van der Waals surface area contributed by atoms with Gasteiger partial charge in [0.1, 0.15) is 23.9 Å². The quantitative estimate of drug-likeness (QED) is 0.0846. The second-order valence-electron chi connectivity index (χ2n) is 21.6. The average molecular weight is 1010 g/mol. The summed E-state index contributed by atoms with van der Waals surface area (Å²) in [6, 6.07) is 12.6. The molecule has 2 aromatic heterocycles. The van der Waals surface area contributed by atoms with Crippen LogP contribution in [0.4, 0.5) is 4.79 Å². The maximum Gasteiger partial charge on any atom is 0.324 e. The van der Waals surface area contributed by atoms with Gasteiger partial charge in [-0.25, -0.2) is 10.2 Å². The normalized spacial score (nSPS) is 22.0. The van der Waals surface area contributed by atoms with Crippen molar-refractivity contribution in [3.63, 3.8) is 0 Å². The third-order valence-electron chi connectivity index (χ3n) is 15.3. The largest absolute Gasteiger partial charge is 0.508 e. The fourth-order valence-electron chi connectivity index (χ4n) is 11.8. The predicted molar refractivity (Wildman–Crippen MR) is 285 cm³/mol. The van der Waals surface area contributed by atoms with Crippen LogP contribution in [-0.4, -0.2) is 161 Å². The number of fused-ring (bicyclic) bond motifs is 8. The molecule has 74 heavy (non-hydrogen) atoms. The third kappa shape index (κ3) is 10.8. The Morgan fingerprint density at radius 3 is 2.49 bits per heavy atom. The highest BCUT2D eigenvalue weighted by atomic mass is 16.5. The van der Waals surface area contributed by atoms with E-state index in [2.05, 4.69) is 60.9 Å². The van der Waals surface area contributed by atoms with Crippen molar-refractivity contribution in [2.75, 3.05) is 74.1 Å². The highest BCUT2D eigenvalue weighted by Crippen LogP contribution is 2.57. The van der Waals surface area contributed by atoms with Gasteiger partial charge in [-0.3, -0.25) is 29.2 Å². The van der Waals surface area contributed by atoms with E-state index >= 15 is 0 Å². The number of methoxy groups -OCH3 is 1. The predicted octanol–water partition coefficient (Wildman–Crippen LogP) is 6.52. The Hall–Kier alpha value is -6.56. The van der Waals surface area contributed by atoms with Gasteiger partial charge in [0.25, 0.3) is 5.91 Å². The van der Waals surface area contributed by atoms with Gasteiger partial charge >= 0.3 is 12.0 Å². The highest BCUT2D eigenvalue weighted by Gasteiger charge is 2.48. The Balaban J connectivity index is 1.14. The third-order valence-corrected chi connectivity index (χ3v) is 15.3. The van der Waals surface area contributed by atoms with Crippen LogP contribution in [0.2, 0.25) is 0 Å². The SMILES string of the molecule is C=CC(C(=O)N[C@H]1Cc2cc(O)cc(c2)-c2ccc3c(c2)c2c(n3CC)-c3cccnc3[C@@H](OC)C2C(C)(C)COC(=O)[C@@H]2CCCN(N2)C1=O)[C@H](C(C)C)N(C)C(=O)N1CCCN(C(=O)/C=C/CN(C)C)CC1. The molecule has 6 atom stereocenters. The fourth-order valence-corrected chi connectivity index (χ4v) is 11.8. The molecule has 5 heterocycles. The Morgan fingerprint density at radius 2 is 1.77 bits per heavy atom. The van der Waals surface area contributed by atoms with Crippen LogP contribution in [-0.2, 0) is 41.6 Å². The first-order chi connectivity index (χ1) is 35.4. The van der Waals surface area contributed by atoms with E-state index in [0.29, 0.717) is 69.7 Å². The number of aromatic hydroxyl groups is 1. The van der Waals surface area contributed by atoms with Crippen LogP contribution in [0, 0.1) is 17.3 Å². The number of amides is 5. The maximum absolute atomic E-state index is 15.0. The summed E-state index contributed by atoms with van der Waals surface area (Å²) in [5.41, 5.74) is 9.49. The zero-order valence-electron chi connectivity index (χ0n) is 44.6. The molecule has 3 N–H and O–H groups in total. The Labute approximate surface area is 435 Å². The number of carbonyl (C=O) groups is 5. The number of phenols is 1. The lowest BCUT2D eigenvalue weighted by Crippen LogP contribution is -2.61. The smallest absolute Gasteiger partial charge is 0.324 e. The van der Waals surface area contributed by atoms with Gasteiger partial charge in [-0.1, -0.05) is 52.0 Å². The van der Waals surface area contributed by atoms with E-state index in [1.807, 2.05) is 57.1 Å². The number of phenolic OH excluding ortho intramolecular Hbond substituents is 1. The Bertz CT molecular complexity index is 2800. The summed E-state index contributed by atoms with van der Waals surface area (Å²) in [4.78, 5) is 83.3. The number of likely N-dealkylation sites (N-methyl/N-ethyl adjacent to an activating group) is 1. The topological polar surface area (TPSA) is 182 Å². The first-order valence-corrected chi connectivity index (χ1v) is 26.1. The molecule has 17 heteroatoms. The Kier molecular flexibility index (Phi) is 16.3. The molecule has 2 fully saturated rings. The van der Waals surface area contributed by atoms with Crippen molar-refractivity contribution < 1.29 is 38.6 Å². The van der Waals surface area contributed by atoms with Gasteiger partial charge in [-0.15, -0.1) is 6.58 Å². The lowest BCUT2D eigenvalue weighted by atomic mass is 9.67. The number of nitrogens with one attached hydrogen (secondary N) is 2. The van der Waals surface area contributed by atoms with E-state index in [-0.39, 0.29) is 49.1 Å². The minimum atomic E-state index is -1.18. The molecule has 8 rings (SSSR count). The van der Waals surface area contributed by atoms with Crippen molar-refractivity contribution >= 4 is 40.6 Å². The number of rotatable bonds is 11. The second-order valence-corrected chi connectivity index (χ2v) is 21.6. The summed E-state index contributed by atoms with van der Waals surface area (Å²) in [6.45, 7) is 17.5. The van der Waals surface area contributed by atoms with Crippen LogP contribution in [0.5, 0.6) is 5.75 Å². The Morgan fingerprint density at radius 1 is 1.01 bits per heavy atom. The number of ether oxygens (including phenoxy) is 2. The van der Waals surface area contributed by atoms with Gasteiger partial charge in [-0.05, 0) is 105 Å². The first kappa shape index (κ1) is 53.7. The van der Waals surface area contributed by atoms with E-state index in [4.69, 9.17) is 14.5 Å². The number of aryl methyl sites for hydroxylation is 1. The molecule has 0 spiro atoms. The standard InChI is InChI=1S/C57H75N9O8/c1-11-40(50(35(3)4)62(9)56(72)64-25-16-24-63(27-28-64)46(68)19-15-23-61(7)8)53(69)59-44-31-36-29-38(32-39(67)30-36)37-20-21-45-42(33-37)47-48(52(73-10)49-41(17-13-22-58-49)51(47)65(45)12-2)57(5,6)34-74-55(71)43-18-14-26-66(60-43)54(44)70/h11,13,15,17,19-22,29-30,32-33,35,40,43-44,48,50,52,60,67H,1,12,14,16,18,23-28,31,34H2,2-10H3,(H,59,69)/b19-15+/t40?,43-,44-,48?,50-,52-/m0/s1. The van der Waals surface area contributed by atoms with Gasteiger partial charge < -0.3 is 44.1 Å². The number of cyclic esters (lactones) is 1. The summed E-state index contributed by atoms with van der Waals surface area (Å²) in [7, 11) is 7.24. The van der Waals surface area contributed by atoms with Crippen molar-refractivity contribution in [3.8, 4) is 28.1 Å². The molecule has 396 valence electrons. The lowest BCUT2D eigenvalue weighted by molar-refractivity contribution is -0.156. The summed E-state index contributed by atoms with van der Waals surface area (Å²) in [5, 5.41) is 16.9. The van der Waals surface area contributed by atoms with E-state index in [0.717, 1.165) is 39.0 Å². The molecule has 2 saturated heterocycles. The highest BCUT2D eigenvalue weighted by molar-refractivity contribution is 5.97. The molecule has 2 unspecified atom stereocenters. The summed E-state index contributed by atoms with van der Waals surface area (Å²) >= 11 is 0. The number of pyridine rings is 1. The molecule has 17 nitrogen and oxygen atoms in total. The van der Waals surface area contributed by atoms with E-state index in [1.165, 1.54) is 11.1 Å². The number of benzene rings is 2. The van der Waals surface area contributed by atoms with Crippen molar-refractivity contribution in [1.29, 1.82) is 0 Å². The molecule has 4 aliphatic rings. The maximum atomic E-state index is 15.0. The molecule has 1 aliphatic carbocycles. The molecule has 0 radical (unpaired) electrons. The van der Waals surface area contributed by atoms with E-state index in [1.54, 1.807) is 53.3 Å². The molecule has 4 aromatic rings. The second kappa shape index (κ2) is 22.5. The first-order valence-electron chi connectivity index (χ1n) is 26.1. The number of carbonyl (C=O) groups excluding carboxylic acids is 5. The monoisotopic (exact) mass is 1010 g/mol. The van der Waals surface area contributed by atoms with Crippen LogP contribution in [0.1, 0.15) is 82.7 Å². The zero-order chi connectivity index (χ0) is 53.2. The molecular formula is C57H75N9O8. The van der Waals surface area contributed by atoms with Gasteiger partial charge in [0.05, 0.1) is 30.0 Å². The average Bonchev–Trinajstić information content (AvgIpc) is 3.50. The number of aromatic nitrogens is 2. The van der Waals surface area contributed by atoms with Gasteiger partial charge in [0.2, 0.25) is 11.8 Å². The fraction of sp³-hybridized carbons (Fsp3) is 0.509. The number of urea groups is 1. The van der Waals surface area contributed by atoms with Gasteiger partial charge in [0.15, 0.2) is 0 Å². The van der Waals surface area contributed by atoms with Crippen LogP contribution in [0.3, 0.4) is 0 Å². The van der Waals surface area contributed by atoms with Gasteiger partial charge in [-0.2, -0.15) is 0 Å². The number of esters is 1. The number of hydrogen-bond donors (Lipinski definition) is 3.